The van der Waals surface area contributed by atoms with E-state index in [4.69, 9.17) is 0 Å². The first-order valence-corrected chi connectivity index (χ1v) is 4.35. The zero-order valence-electron chi connectivity index (χ0n) is 7.45. The zero-order chi connectivity index (χ0) is 9.42. The van der Waals surface area contributed by atoms with Crippen LogP contribution in [0.25, 0.3) is 0 Å². The molecule has 0 aliphatic carbocycles. The van der Waals surface area contributed by atoms with Gasteiger partial charge in [0.25, 0.3) is 0 Å². The summed E-state index contributed by atoms with van der Waals surface area (Å²) in [7, 11) is 0. The first kappa shape index (κ1) is 8.10. The minimum atomic E-state index is 0.0685. The molecule has 1 aliphatic heterocycles. The molecular formula is C10H11NO2. The summed E-state index contributed by atoms with van der Waals surface area (Å²) in [5.74, 6) is 0.268. The molecule has 1 N–H and O–H groups in total. The monoisotopic (exact) mass is 177 g/mol. The molecule has 1 heterocycles. The van der Waals surface area contributed by atoms with E-state index in [1.807, 2.05) is 13.0 Å². The van der Waals surface area contributed by atoms with Crippen LogP contribution >= 0.6 is 0 Å². The number of rotatable bonds is 1. The number of likely N-dealkylation sites (N-methyl/N-ethyl adjacent to an activating group) is 1. The maximum atomic E-state index is 11.4. The van der Waals surface area contributed by atoms with E-state index in [0.717, 1.165) is 5.56 Å². The van der Waals surface area contributed by atoms with Gasteiger partial charge in [-0.15, -0.1) is 0 Å². The van der Waals surface area contributed by atoms with Crippen molar-refractivity contribution in [3.63, 3.8) is 0 Å². The van der Waals surface area contributed by atoms with E-state index in [1.165, 1.54) is 0 Å². The smallest absolute Gasteiger partial charge is 0.231 e. The minimum absolute atomic E-state index is 0.0685. The molecule has 0 spiro atoms. The molecule has 0 aromatic heterocycles. The van der Waals surface area contributed by atoms with Crippen LogP contribution in [0.15, 0.2) is 18.2 Å². The number of para-hydroxylation sites is 1. The van der Waals surface area contributed by atoms with Gasteiger partial charge in [-0.05, 0) is 18.6 Å². The highest BCUT2D eigenvalue weighted by Crippen LogP contribution is 2.36. The largest absolute Gasteiger partial charge is 0.506 e. The van der Waals surface area contributed by atoms with Crippen molar-refractivity contribution < 1.29 is 9.90 Å². The van der Waals surface area contributed by atoms with Crippen LogP contribution in [0.5, 0.6) is 5.75 Å². The molecule has 0 saturated carbocycles. The number of fused-ring (bicyclic) bond motifs is 1. The Balaban J connectivity index is 2.55. The highest BCUT2D eigenvalue weighted by Gasteiger charge is 2.27. The molecule has 3 heteroatoms. The van der Waals surface area contributed by atoms with Gasteiger partial charge in [0.05, 0.1) is 12.1 Å². The number of carbonyl (C=O) groups is 1. The third-order valence-electron chi connectivity index (χ3n) is 2.33. The molecule has 68 valence electrons. The van der Waals surface area contributed by atoms with E-state index in [0.29, 0.717) is 18.7 Å². The average molecular weight is 177 g/mol. The lowest BCUT2D eigenvalue weighted by Gasteiger charge is -2.15. The second-order valence-corrected chi connectivity index (χ2v) is 3.10. The van der Waals surface area contributed by atoms with Crippen molar-refractivity contribution in [2.45, 2.75) is 13.3 Å². The molecule has 0 unspecified atom stereocenters. The van der Waals surface area contributed by atoms with Crippen LogP contribution < -0.4 is 4.90 Å². The van der Waals surface area contributed by atoms with Crippen LogP contribution in [-0.2, 0) is 11.2 Å². The second kappa shape index (κ2) is 2.76. The Labute approximate surface area is 76.6 Å². The fourth-order valence-corrected chi connectivity index (χ4v) is 1.75. The summed E-state index contributed by atoms with van der Waals surface area (Å²) < 4.78 is 0. The molecule has 3 nitrogen and oxygen atoms in total. The molecular weight excluding hydrogens is 166 g/mol. The van der Waals surface area contributed by atoms with E-state index in [2.05, 4.69) is 0 Å². The number of hydrogen-bond acceptors (Lipinski definition) is 2. The molecule has 1 aromatic carbocycles. The molecule has 1 amide bonds. The molecule has 13 heavy (non-hydrogen) atoms. The van der Waals surface area contributed by atoms with E-state index in [-0.39, 0.29) is 11.7 Å². The Morgan fingerprint density at radius 2 is 2.31 bits per heavy atom. The second-order valence-electron chi connectivity index (χ2n) is 3.10. The van der Waals surface area contributed by atoms with Crippen LogP contribution in [0, 0.1) is 0 Å². The van der Waals surface area contributed by atoms with Gasteiger partial charge in [-0.1, -0.05) is 12.1 Å². The fourth-order valence-electron chi connectivity index (χ4n) is 1.75. The summed E-state index contributed by atoms with van der Waals surface area (Å²) in [5, 5.41) is 9.56. The van der Waals surface area contributed by atoms with E-state index < -0.39 is 0 Å². The number of aromatic hydroxyl groups is 1. The predicted octanol–water partition coefficient (Wildman–Crippen LogP) is 1.30. The number of amides is 1. The van der Waals surface area contributed by atoms with Gasteiger partial charge in [0.15, 0.2) is 0 Å². The molecule has 2 rings (SSSR count). The van der Waals surface area contributed by atoms with Gasteiger partial charge < -0.3 is 10.0 Å². The van der Waals surface area contributed by atoms with Crippen LogP contribution in [0.1, 0.15) is 12.5 Å². The number of phenolic OH excluding ortho intramolecular Hbond substituents is 1. The third-order valence-corrected chi connectivity index (χ3v) is 2.33. The zero-order valence-corrected chi connectivity index (χ0v) is 7.45. The number of benzene rings is 1. The summed E-state index contributed by atoms with van der Waals surface area (Å²) in [4.78, 5) is 13.0. The molecule has 0 atom stereocenters. The maximum Gasteiger partial charge on any atom is 0.231 e. The normalized spacial score (nSPS) is 14.8. The van der Waals surface area contributed by atoms with Crippen LogP contribution in [0.2, 0.25) is 0 Å². The topological polar surface area (TPSA) is 40.5 Å². The van der Waals surface area contributed by atoms with E-state index >= 15 is 0 Å². The molecule has 0 fully saturated rings. The standard InChI is InChI=1S/C10H11NO2/c1-2-11-9(13)6-7-4-3-5-8(12)10(7)11/h3-5,12H,2,6H2,1H3. The average Bonchev–Trinajstić information content (AvgIpc) is 2.42. The van der Waals surface area contributed by atoms with Gasteiger partial charge in [0, 0.05) is 6.54 Å². The lowest BCUT2D eigenvalue weighted by atomic mass is 10.1. The maximum absolute atomic E-state index is 11.4. The number of phenols is 1. The van der Waals surface area contributed by atoms with Gasteiger partial charge in [0.1, 0.15) is 5.75 Å². The number of hydrogen-bond donors (Lipinski definition) is 1. The SMILES string of the molecule is CCN1C(=O)Cc2cccc(O)c21. The predicted molar refractivity (Wildman–Crippen MR) is 49.8 cm³/mol. The van der Waals surface area contributed by atoms with Gasteiger partial charge in [-0.2, -0.15) is 0 Å². The van der Waals surface area contributed by atoms with Crippen LogP contribution in [0.4, 0.5) is 5.69 Å². The van der Waals surface area contributed by atoms with Crippen LogP contribution in [0.3, 0.4) is 0 Å². The highest BCUT2D eigenvalue weighted by molar-refractivity contribution is 6.02. The summed E-state index contributed by atoms with van der Waals surface area (Å²) in [6.45, 7) is 2.52. The summed E-state index contributed by atoms with van der Waals surface area (Å²) in [5.41, 5.74) is 1.61. The first-order valence-electron chi connectivity index (χ1n) is 4.35. The lowest BCUT2D eigenvalue weighted by Crippen LogP contribution is -2.25. The Morgan fingerprint density at radius 1 is 1.54 bits per heavy atom. The molecule has 0 bridgehead atoms. The Kier molecular flexibility index (Phi) is 1.72. The minimum Gasteiger partial charge on any atom is -0.506 e. The van der Waals surface area contributed by atoms with Crippen molar-refractivity contribution in [1.29, 1.82) is 0 Å². The van der Waals surface area contributed by atoms with Gasteiger partial charge in [-0.25, -0.2) is 0 Å². The Morgan fingerprint density at radius 3 is 3.00 bits per heavy atom. The fraction of sp³-hybridized carbons (Fsp3) is 0.300. The van der Waals surface area contributed by atoms with Crippen molar-refractivity contribution >= 4 is 11.6 Å². The van der Waals surface area contributed by atoms with Crippen molar-refractivity contribution in [1.82, 2.24) is 0 Å². The quantitative estimate of drug-likeness (QED) is 0.702. The van der Waals surface area contributed by atoms with Crippen molar-refractivity contribution in [3.8, 4) is 5.75 Å². The van der Waals surface area contributed by atoms with Gasteiger partial charge in [0.2, 0.25) is 5.91 Å². The molecule has 1 aliphatic rings. The Hall–Kier alpha value is -1.51. The number of anilines is 1. The van der Waals surface area contributed by atoms with Crippen molar-refractivity contribution in [3.05, 3.63) is 23.8 Å². The van der Waals surface area contributed by atoms with Crippen molar-refractivity contribution in [2.24, 2.45) is 0 Å². The summed E-state index contributed by atoms with van der Waals surface area (Å²) in [6.07, 6.45) is 0.414. The van der Waals surface area contributed by atoms with Crippen LogP contribution in [-0.4, -0.2) is 17.6 Å². The van der Waals surface area contributed by atoms with E-state index in [9.17, 15) is 9.90 Å². The number of carbonyl (C=O) groups excluding carboxylic acids is 1. The van der Waals surface area contributed by atoms with Crippen molar-refractivity contribution in [2.75, 3.05) is 11.4 Å². The van der Waals surface area contributed by atoms with Gasteiger partial charge >= 0.3 is 0 Å². The third kappa shape index (κ3) is 1.08. The highest BCUT2D eigenvalue weighted by atomic mass is 16.3. The Bertz CT molecular complexity index is 360. The van der Waals surface area contributed by atoms with Gasteiger partial charge in [-0.3, -0.25) is 4.79 Å². The lowest BCUT2D eigenvalue weighted by molar-refractivity contribution is -0.117. The number of nitrogens with zero attached hydrogens (tertiary/aromatic N) is 1. The summed E-state index contributed by atoms with van der Waals surface area (Å²) >= 11 is 0. The molecule has 0 radical (unpaired) electrons. The van der Waals surface area contributed by atoms with E-state index in [1.54, 1.807) is 17.0 Å². The molecule has 1 aromatic rings. The molecule has 0 saturated heterocycles. The first-order chi connectivity index (χ1) is 6.24. The summed E-state index contributed by atoms with van der Waals surface area (Å²) in [6, 6.07) is 5.25.